The number of anilines is 1. The van der Waals surface area contributed by atoms with E-state index < -0.39 is 0 Å². The van der Waals surface area contributed by atoms with Gasteiger partial charge in [0.2, 0.25) is 0 Å². The Morgan fingerprint density at radius 1 is 1.42 bits per heavy atom. The lowest BCUT2D eigenvalue weighted by Crippen LogP contribution is -2.31. The van der Waals surface area contributed by atoms with Crippen molar-refractivity contribution in [3.05, 3.63) is 47.9 Å². The van der Waals surface area contributed by atoms with E-state index in [2.05, 4.69) is 15.7 Å². The molecule has 2 N–H and O–H groups in total. The number of rotatable bonds is 6. The van der Waals surface area contributed by atoms with Crippen LogP contribution in [0.25, 0.3) is 0 Å². The van der Waals surface area contributed by atoms with Gasteiger partial charge in [0.15, 0.2) is 5.82 Å². The molecule has 6 nitrogen and oxygen atoms in total. The maximum Gasteiger partial charge on any atom is 0.320 e. The molecule has 0 aliphatic heterocycles. The minimum atomic E-state index is -0.283. The van der Waals surface area contributed by atoms with Crippen LogP contribution in [0.1, 0.15) is 30.9 Å². The highest BCUT2D eigenvalue weighted by Crippen LogP contribution is 2.40. The van der Waals surface area contributed by atoms with Crippen molar-refractivity contribution in [1.29, 1.82) is 0 Å². The first kappa shape index (κ1) is 16.4. The normalized spacial score (nSPS) is 20.5. The van der Waals surface area contributed by atoms with Crippen LogP contribution in [0.5, 0.6) is 0 Å². The van der Waals surface area contributed by atoms with E-state index in [0.717, 1.165) is 12.0 Å². The highest BCUT2D eigenvalue weighted by Gasteiger charge is 2.39. The summed E-state index contributed by atoms with van der Waals surface area (Å²) in [7, 11) is 1.64. The number of nitrogens with one attached hydrogen (secondary N) is 2. The third-order valence-corrected chi connectivity index (χ3v) is 4.11. The van der Waals surface area contributed by atoms with E-state index >= 15 is 0 Å². The van der Waals surface area contributed by atoms with E-state index in [4.69, 9.17) is 4.74 Å². The smallest absolute Gasteiger partial charge is 0.320 e. The minimum absolute atomic E-state index is 0.0740. The molecule has 3 atom stereocenters. The second-order valence-corrected chi connectivity index (χ2v) is 6.08. The van der Waals surface area contributed by atoms with Gasteiger partial charge in [-0.25, -0.2) is 9.18 Å². The van der Waals surface area contributed by atoms with E-state index in [0.29, 0.717) is 12.4 Å². The average molecular weight is 332 g/mol. The second-order valence-electron chi connectivity index (χ2n) is 6.08. The number of hydrogen-bond donors (Lipinski definition) is 2. The number of methoxy groups -OCH3 is 1. The van der Waals surface area contributed by atoms with Crippen molar-refractivity contribution in [2.75, 3.05) is 19.0 Å². The largest absolute Gasteiger partial charge is 0.382 e. The minimum Gasteiger partial charge on any atom is -0.382 e. The second kappa shape index (κ2) is 7.00. The monoisotopic (exact) mass is 332 g/mol. The number of halogens is 1. The summed E-state index contributed by atoms with van der Waals surface area (Å²) in [6.07, 6.45) is 2.66. The Morgan fingerprint density at radius 3 is 2.88 bits per heavy atom. The maximum absolute atomic E-state index is 12.9. The predicted octanol–water partition coefficient (Wildman–Crippen LogP) is 2.91. The third kappa shape index (κ3) is 3.91. The lowest BCUT2D eigenvalue weighted by atomic mass is 10.1. The van der Waals surface area contributed by atoms with Crippen molar-refractivity contribution in [2.24, 2.45) is 0 Å². The molecule has 1 saturated carbocycles. The summed E-state index contributed by atoms with van der Waals surface area (Å²) in [5.74, 6) is 0.491. The van der Waals surface area contributed by atoms with Crippen molar-refractivity contribution >= 4 is 11.8 Å². The first-order valence-electron chi connectivity index (χ1n) is 7.94. The van der Waals surface area contributed by atoms with E-state index in [1.54, 1.807) is 36.2 Å². The lowest BCUT2D eigenvalue weighted by molar-refractivity contribution is 0.157. The fraction of sp³-hybridized carbons (Fsp3) is 0.412. The number of nitrogens with zero attached hydrogens (tertiary/aromatic N) is 2. The molecular weight excluding hydrogens is 311 g/mol. The van der Waals surface area contributed by atoms with Gasteiger partial charge in [-0.1, -0.05) is 12.1 Å². The topological polar surface area (TPSA) is 68.2 Å². The Bertz CT molecular complexity index is 701. The molecule has 0 bridgehead atoms. The van der Waals surface area contributed by atoms with Crippen molar-refractivity contribution in [2.45, 2.75) is 31.3 Å². The van der Waals surface area contributed by atoms with E-state index in [9.17, 15) is 9.18 Å². The molecule has 1 aromatic carbocycles. The molecule has 128 valence electrons. The average Bonchev–Trinajstić information content (AvgIpc) is 3.14. The van der Waals surface area contributed by atoms with Gasteiger partial charge < -0.3 is 10.1 Å². The fourth-order valence-electron chi connectivity index (χ4n) is 2.72. The summed E-state index contributed by atoms with van der Waals surface area (Å²) >= 11 is 0. The number of amides is 2. The highest BCUT2D eigenvalue weighted by molar-refractivity contribution is 5.88. The molecule has 2 amide bonds. The molecular formula is C17H21FN4O2. The van der Waals surface area contributed by atoms with Gasteiger partial charge in [0, 0.05) is 31.3 Å². The van der Waals surface area contributed by atoms with Crippen LogP contribution in [-0.4, -0.2) is 35.6 Å². The standard InChI is InChI=1S/C17H21FN4O2/c1-11(10-24-2)22-8-7-16(21-22)20-17(23)19-15-9-14(15)12-3-5-13(18)6-4-12/h3-8,11,14-15H,9-10H2,1-2H3,(H2,19,20,21,23)/t11-,14+,15-/m1/s1. The summed E-state index contributed by atoms with van der Waals surface area (Å²) in [5.41, 5.74) is 1.04. The quantitative estimate of drug-likeness (QED) is 0.855. The molecule has 3 rings (SSSR count). The van der Waals surface area contributed by atoms with Gasteiger partial charge >= 0.3 is 6.03 Å². The molecule has 0 radical (unpaired) electrons. The van der Waals surface area contributed by atoms with Gasteiger partial charge in [-0.05, 0) is 31.0 Å². The van der Waals surface area contributed by atoms with Crippen molar-refractivity contribution in [3.8, 4) is 0 Å². The van der Waals surface area contributed by atoms with Crippen molar-refractivity contribution in [3.63, 3.8) is 0 Å². The zero-order chi connectivity index (χ0) is 17.1. The van der Waals surface area contributed by atoms with Gasteiger partial charge in [0.05, 0.1) is 12.6 Å². The Hall–Kier alpha value is -2.41. The Kier molecular flexibility index (Phi) is 4.80. The fourth-order valence-corrected chi connectivity index (χ4v) is 2.72. The molecule has 1 fully saturated rings. The number of aromatic nitrogens is 2. The number of ether oxygens (including phenoxy) is 1. The zero-order valence-corrected chi connectivity index (χ0v) is 13.7. The summed E-state index contributed by atoms with van der Waals surface area (Å²) in [6, 6.07) is 8.05. The number of carbonyl (C=O) groups excluding carboxylic acids is 1. The van der Waals surface area contributed by atoms with Gasteiger partial charge in [-0.15, -0.1) is 0 Å². The van der Waals surface area contributed by atoms with Crippen molar-refractivity contribution in [1.82, 2.24) is 15.1 Å². The first-order chi connectivity index (χ1) is 11.6. The molecule has 0 spiro atoms. The van der Waals surface area contributed by atoms with Crippen LogP contribution in [0.3, 0.4) is 0 Å². The molecule has 1 aliphatic carbocycles. The highest BCUT2D eigenvalue weighted by atomic mass is 19.1. The molecule has 1 aliphatic rings. The number of carbonyl (C=O) groups is 1. The van der Waals surface area contributed by atoms with E-state index in [1.807, 2.05) is 6.92 Å². The first-order valence-corrected chi connectivity index (χ1v) is 7.94. The van der Waals surface area contributed by atoms with Gasteiger partial charge in [0.1, 0.15) is 5.82 Å². The summed E-state index contributed by atoms with van der Waals surface area (Å²) < 4.78 is 19.8. The molecule has 24 heavy (non-hydrogen) atoms. The molecule has 0 saturated heterocycles. The SMILES string of the molecule is COC[C@@H](C)n1ccc(NC(=O)N[C@@H]2C[C@H]2c2ccc(F)cc2)n1. The van der Waals surface area contributed by atoms with Crippen LogP contribution in [0.15, 0.2) is 36.5 Å². The van der Waals surface area contributed by atoms with Crippen LogP contribution in [0.2, 0.25) is 0 Å². The van der Waals surface area contributed by atoms with Crippen LogP contribution < -0.4 is 10.6 Å². The van der Waals surface area contributed by atoms with Gasteiger partial charge in [-0.2, -0.15) is 5.10 Å². The molecule has 7 heteroatoms. The zero-order valence-electron chi connectivity index (χ0n) is 13.7. The molecule has 2 aromatic rings. The maximum atomic E-state index is 12.9. The summed E-state index contributed by atoms with van der Waals surface area (Å²) in [5, 5.41) is 9.95. The summed E-state index contributed by atoms with van der Waals surface area (Å²) in [6.45, 7) is 2.53. The third-order valence-electron chi connectivity index (χ3n) is 4.11. The van der Waals surface area contributed by atoms with Crippen LogP contribution >= 0.6 is 0 Å². The number of benzene rings is 1. The molecule has 0 unspecified atom stereocenters. The van der Waals surface area contributed by atoms with Gasteiger partial charge in [0.25, 0.3) is 0 Å². The van der Waals surface area contributed by atoms with E-state index in [1.165, 1.54) is 12.1 Å². The van der Waals surface area contributed by atoms with Crippen LogP contribution in [0, 0.1) is 5.82 Å². The van der Waals surface area contributed by atoms with E-state index in [-0.39, 0.29) is 29.8 Å². The van der Waals surface area contributed by atoms with Gasteiger partial charge in [-0.3, -0.25) is 10.00 Å². The predicted molar refractivity (Wildman–Crippen MR) is 88.5 cm³/mol. The Balaban J connectivity index is 1.49. The Morgan fingerprint density at radius 2 is 2.17 bits per heavy atom. The number of urea groups is 1. The van der Waals surface area contributed by atoms with Crippen LogP contribution in [-0.2, 0) is 4.74 Å². The van der Waals surface area contributed by atoms with Crippen LogP contribution in [0.4, 0.5) is 15.0 Å². The number of hydrogen-bond acceptors (Lipinski definition) is 3. The molecule has 1 heterocycles. The molecule has 1 aromatic heterocycles. The Labute approximate surface area is 140 Å². The van der Waals surface area contributed by atoms with Crippen molar-refractivity contribution < 1.29 is 13.9 Å². The summed E-state index contributed by atoms with van der Waals surface area (Å²) in [4.78, 5) is 12.0. The lowest BCUT2D eigenvalue weighted by Gasteiger charge is -2.10.